The van der Waals surface area contributed by atoms with Crippen LogP contribution in [-0.4, -0.2) is 37.2 Å². The summed E-state index contributed by atoms with van der Waals surface area (Å²) in [6.45, 7) is 6.39. The average molecular weight is 1050 g/mol. The molecular formula is C70H116O6. The lowest BCUT2D eigenvalue weighted by atomic mass is 10.1. The van der Waals surface area contributed by atoms with E-state index in [-0.39, 0.29) is 31.1 Å². The van der Waals surface area contributed by atoms with Gasteiger partial charge in [0.05, 0.1) is 0 Å². The van der Waals surface area contributed by atoms with E-state index in [0.717, 1.165) is 135 Å². The molecule has 6 heteroatoms. The fourth-order valence-electron chi connectivity index (χ4n) is 8.51. The van der Waals surface area contributed by atoms with Gasteiger partial charge in [0.15, 0.2) is 6.10 Å². The molecule has 0 fully saturated rings. The molecular weight excluding hydrogens is 937 g/mol. The summed E-state index contributed by atoms with van der Waals surface area (Å²) in [6, 6.07) is 0. The molecule has 0 aromatic carbocycles. The Morgan fingerprint density at radius 2 is 0.513 bits per heavy atom. The van der Waals surface area contributed by atoms with Crippen molar-refractivity contribution in [1.82, 2.24) is 0 Å². The molecule has 0 aliphatic carbocycles. The lowest BCUT2D eigenvalue weighted by molar-refractivity contribution is -0.167. The van der Waals surface area contributed by atoms with E-state index in [0.29, 0.717) is 19.3 Å². The summed E-state index contributed by atoms with van der Waals surface area (Å²) in [5, 5.41) is 0. The number of hydrogen-bond acceptors (Lipinski definition) is 6. The molecule has 1 unspecified atom stereocenters. The highest BCUT2D eigenvalue weighted by atomic mass is 16.6. The normalized spacial score (nSPS) is 12.9. The third-order valence-corrected chi connectivity index (χ3v) is 13.2. The Bertz CT molecular complexity index is 1590. The van der Waals surface area contributed by atoms with Gasteiger partial charge >= 0.3 is 17.9 Å². The van der Waals surface area contributed by atoms with Gasteiger partial charge in [-0.05, 0) is 128 Å². The zero-order chi connectivity index (χ0) is 55.0. The Morgan fingerprint density at radius 3 is 0.816 bits per heavy atom. The molecule has 0 amide bonds. The third kappa shape index (κ3) is 60.7. The molecule has 0 heterocycles. The van der Waals surface area contributed by atoms with Crippen LogP contribution in [0.3, 0.4) is 0 Å². The molecule has 0 aliphatic heterocycles. The van der Waals surface area contributed by atoms with Crippen LogP contribution >= 0.6 is 0 Å². The second-order valence-electron chi connectivity index (χ2n) is 20.5. The first-order chi connectivity index (χ1) is 37.5. The molecule has 0 N–H and O–H groups in total. The Kier molecular flexibility index (Phi) is 59.9. The van der Waals surface area contributed by atoms with Crippen LogP contribution < -0.4 is 0 Å². The maximum atomic E-state index is 12.9. The van der Waals surface area contributed by atoms with Crippen molar-refractivity contribution >= 4 is 17.9 Å². The first-order valence-electron chi connectivity index (χ1n) is 31.5. The van der Waals surface area contributed by atoms with Crippen molar-refractivity contribution in [3.63, 3.8) is 0 Å². The van der Waals surface area contributed by atoms with E-state index in [9.17, 15) is 14.4 Å². The van der Waals surface area contributed by atoms with Crippen molar-refractivity contribution in [3.05, 3.63) is 122 Å². The van der Waals surface area contributed by atoms with Crippen LogP contribution in [0.1, 0.15) is 284 Å². The monoisotopic (exact) mass is 1050 g/mol. The summed E-state index contributed by atoms with van der Waals surface area (Å²) in [5.41, 5.74) is 0. The van der Waals surface area contributed by atoms with Gasteiger partial charge in [-0.15, -0.1) is 0 Å². The highest BCUT2D eigenvalue weighted by molar-refractivity contribution is 5.71. The molecule has 76 heavy (non-hydrogen) atoms. The van der Waals surface area contributed by atoms with Gasteiger partial charge in [0, 0.05) is 19.3 Å². The van der Waals surface area contributed by atoms with E-state index in [1.54, 1.807) is 0 Å². The number of unbranched alkanes of at least 4 members (excludes halogenated alkanes) is 25. The molecule has 0 spiro atoms. The zero-order valence-electron chi connectivity index (χ0n) is 49.5. The fraction of sp³-hybridized carbons (Fsp3) is 0.671. The van der Waals surface area contributed by atoms with Crippen LogP contribution in [0.15, 0.2) is 122 Å². The predicted molar refractivity (Wildman–Crippen MR) is 330 cm³/mol. The Morgan fingerprint density at radius 1 is 0.276 bits per heavy atom. The highest BCUT2D eigenvalue weighted by Gasteiger charge is 2.19. The maximum absolute atomic E-state index is 12.9. The summed E-state index contributed by atoms with van der Waals surface area (Å²) in [7, 11) is 0. The maximum Gasteiger partial charge on any atom is 0.306 e. The third-order valence-electron chi connectivity index (χ3n) is 13.2. The van der Waals surface area contributed by atoms with Gasteiger partial charge < -0.3 is 14.2 Å². The van der Waals surface area contributed by atoms with Crippen molar-refractivity contribution in [1.29, 1.82) is 0 Å². The van der Waals surface area contributed by atoms with Crippen LogP contribution in [0.4, 0.5) is 0 Å². The molecule has 0 saturated carbocycles. The molecule has 0 aromatic rings. The summed E-state index contributed by atoms with van der Waals surface area (Å²) in [6.07, 6.45) is 87.6. The Balaban J connectivity index is 4.42. The Labute approximate surface area is 469 Å². The van der Waals surface area contributed by atoms with Crippen LogP contribution in [0, 0.1) is 0 Å². The van der Waals surface area contributed by atoms with Gasteiger partial charge in [0.2, 0.25) is 0 Å². The number of allylic oxidation sites excluding steroid dienone is 20. The van der Waals surface area contributed by atoms with Gasteiger partial charge in [-0.3, -0.25) is 14.4 Å². The van der Waals surface area contributed by atoms with Gasteiger partial charge in [-0.2, -0.15) is 0 Å². The lowest BCUT2D eigenvalue weighted by Gasteiger charge is -2.18. The van der Waals surface area contributed by atoms with Crippen molar-refractivity contribution < 1.29 is 28.6 Å². The minimum absolute atomic E-state index is 0.0911. The van der Waals surface area contributed by atoms with Crippen molar-refractivity contribution in [2.24, 2.45) is 0 Å². The SMILES string of the molecule is CC/C=C\C/C=C\C/C=C\C/C=C\C/C=C\CCCCCCCCCC(=O)OCC(COC(=O)CCCCCCC/C=C\CCCCCCC)OC(=O)CCCCCCCCCC/C=C\C/C=C\C/C=C\C/C=C\CC. The van der Waals surface area contributed by atoms with Crippen LogP contribution in [0.2, 0.25) is 0 Å². The molecule has 432 valence electrons. The first-order valence-corrected chi connectivity index (χ1v) is 31.5. The number of ether oxygens (including phenoxy) is 3. The molecule has 0 bridgehead atoms. The van der Waals surface area contributed by atoms with Gasteiger partial charge in [0.1, 0.15) is 13.2 Å². The highest BCUT2D eigenvalue weighted by Crippen LogP contribution is 2.15. The topological polar surface area (TPSA) is 78.9 Å². The molecule has 0 rings (SSSR count). The standard InChI is InChI=1S/C70H116O6/c1-4-7-10-13-16-19-22-25-28-30-32-34-35-37-38-40-42-45-48-51-54-57-60-63-69(72)75-66-67(65-74-68(71)62-59-56-53-50-47-44-27-24-21-18-15-12-9-6-3)76-70(73)64-61-58-55-52-49-46-43-41-39-36-33-31-29-26-23-20-17-14-11-8-5-2/h7-8,10-11,16-17,19-20,24-29,32-34,36-38,67H,4-6,9,12-15,18,21-23,30-31,35,39-66H2,1-3H3/b10-7-,11-8-,19-16-,20-17-,27-24-,28-25-,29-26-,34-32-,36-33-,38-37-. The van der Waals surface area contributed by atoms with E-state index in [1.165, 1.54) is 109 Å². The summed E-state index contributed by atoms with van der Waals surface area (Å²) in [4.78, 5) is 38.3. The second-order valence-corrected chi connectivity index (χ2v) is 20.5. The first kappa shape index (κ1) is 71.8. The molecule has 0 saturated heterocycles. The smallest absolute Gasteiger partial charge is 0.306 e. The minimum Gasteiger partial charge on any atom is -0.462 e. The lowest BCUT2D eigenvalue weighted by Crippen LogP contribution is -2.30. The fourth-order valence-corrected chi connectivity index (χ4v) is 8.51. The van der Waals surface area contributed by atoms with Crippen molar-refractivity contribution in [2.45, 2.75) is 290 Å². The number of esters is 3. The number of carbonyl (C=O) groups excluding carboxylic acids is 3. The van der Waals surface area contributed by atoms with Crippen molar-refractivity contribution in [3.8, 4) is 0 Å². The molecule has 1 atom stereocenters. The largest absolute Gasteiger partial charge is 0.462 e. The minimum atomic E-state index is -0.795. The average Bonchev–Trinajstić information content (AvgIpc) is 3.42. The summed E-state index contributed by atoms with van der Waals surface area (Å²) in [5.74, 6) is -0.914. The number of hydrogen-bond donors (Lipinski definition) is 0. The van der Waals surface area contributed by atoms with Gasteiger partial charge in [-0.1, -0.05) is 258 Å². The summed E-state index contributed by atoms with van der Waals surface area (Å²) >= 11 is 0. The van der Waals surface area contributed by atoms with E-state index in [2.05, 4.69) is 142 Å². The van der Waals surface area contributed by atoms with Gasteiger partial charge in [0.25, 0.3) is 0 Å². The van der Waals surface area contributed by atoms with Crippen LogP contribution in [-0.2, 0) is 28.6 Å². The van der Waals surface area contributed by atoms with Crippen LogP contribution in [0.25, 0.3) is 0 Å². The number of rotatable bonds is 56. The van der Waals surface area contributed by atoms with Gasteiger partial charge in [-0.25, -0.2) is 0 Å². The zero-order valence-corrected chi connectivity index (χ0v) is 49.5. The quantitative estimate of drug-likeness (QED) is 0.0261. The van der Waals surface area contributed by atoms with E-state index < -0.39 is 6.10 Å². The molecule has 0 aromatic heterocycles. The molecule has 0 radical (unpaired) electrons. The molecule has 0 aliphatic rings. The van der Waals surface area contributed by atoms with Crippen molar-refractivity contribution in [2.75, 3.05) is 13.2 Å². The summed E-state index contributed by atoms with van der Waals surface area (Å²) < 4.78 is 16.9. The second kappa shape index (κ2) is 63.3. The van der Waals surface area contributed by atoms with E-state index in [1.807, 2.05) is 0 Å². The predicted octanol–water partition coefficient (Wildman–Crippen LogP) is 21.6. The molecule has 6 nitrogen and oxygen atoms in total. The number of carbonyl (C=O) groups is 3. The van der Waals surface area contributed by atoms with Crippen LogP contribution in [0.5, 0.6) is 0 Å². The van der Waals surface area contributed by atoms with E-state index >= 15 is 0 Å². The van der Waals surface area contributed by atoms with E-state index in [4.69, 9.17) is 14.2 Å². The Hall–Kier alpha value is -4.19.